The van der Waals surface area contributed by atoms with Crippen LogP contribution in [0.15, 0.2) is 24.3 Å². The summed E-state index contributed by atoms with van der Waals surface area (Å²) in [7, 11) is 0. The van der Waals surface area contributed by atoms with Crippen molar-refractivity contribution < 1.29 is 9.53 Å². The molecule has 1 fully saturated rings. The monoisotopic (exact) mass is 276 g/mol. The van der Waals surface area contributed by atoms with Crippen LogP contribution in [0, 0.1) is 12.3 Å². The summed E-state index contributed by atoms with van der Waals surface area (Å²) >= 11 is 0. The lowest BCUT2D eigenvalue weighted by Gasteiger charge is -2.25. The van der Waals surface area contributed by atoms with Crippen LogP contribution in [0.2, 0.25) is 0 Å². The summed E-state index contributed by atoms with van der Waals surface area (Å²) in [6, 6.07) is 7.90. The number of benzene rings is 1. The van der Waals surface area contributed by atoms with E-state index in [0.717, 1.165) is 31.4 Å². The minimum absolute atomic E-state index is 0.0883. The van der Waals surface area contributed by atoms with Crippen molar-refractivity contribution in [3.8, 4) is 5.75 Å². The van der Waals surface area contributed by atoms with Crippen molar-refractivity contribution in [1.82, 2.24) is 5.32 Å². The van der Waals surface area contributed by atoms with Gasteiger partial charge in [0.1, 0.15) is 12.4 Å². The van der Waals surface area contributed by atoms with Gasteiger partial charge in [0, 0.05) is 6.54 Å². The minimum atomic E-state index is -0.330. The van der Waals surface area contributed by atoms with Crippen molar-refractivity contribution in [1.29, 1.82) is 0 Å². The van der Waals surface area contributed by atoms with Crippen LogP contribution < -0.4 is 15.8 Å². The zero-order valence-electron chi connectivity index (χ0n) is 12.2. The van der Waals surface area contributed by atoms with E-state index >= 15 is 0 Å². The molecular formula is C16H24N2O2. The van der Waals surface area contributed by atoms with E-state index in [1.54, 1.807) is 0 Å². The van der Waals surface area contributed by atoms with Crippen LogP contribution in [-0.2, 0) is 4.79 Å². The first-order valence-electron chi connectivity index (χ1n) is 7.34. The van der Waals surface area contributed by atoms with Gasteiger partial charge in [0.05, 0.1) is 12.0 Å². The molecule has 1 aliphatic rings. The number of hydrogen-bond acceptors (Lipinski definition) is 3. The molecule has 1 aromatic carbocycles. The first-order chi connectivity index (χ1) is 9.66. The summed E-state index contributed by atoms with van der Waals surface area (Å²) in [5, 5.41) is 2.96. The third kappa shape index (κ3) is 3.51. The molecule has 2 rings (SSSR count). The average Bonchev–Trinajstić information content (AvgIpc) is 2.93. The number of aryl methyl sites for hydroxylation is 1. The summed E-state index contributed by atoms with van der Waals surface area (Å²) in [6.07, 6.45) is 4.02. The van der Waals surface area contributed by atoms with Crippen molar-refractivity contribution in [3.05, 3.63) is 29.8 Å². The molecule has 0 radical (unpaired) electrons. The van der Waals surface area contributed by atoms with Crippen LogP contribution in [0.1, 0.15) is 31.2 Å². The Labute approximate surface area is 120 Å². The number of amides is 1. The zero-order chi connectivity index (χ0) is 14.4. The molecule has 1 aliphatic carbocycles. The standard InChI is InChI=1S/C16H24N2O2/c1-13-5-4-6-14(11-13)20-10-9-18-15(19)16(12-17)7-2-3-8-16/h4-6,11H,2-3,7-10,12,17H2,1H3,(H,18,19). The van der Waals surface area contributed by atoms with Gasteiger partial charge in [-0.15, -0.1) is 0 Å². The van der Waals surface area contributed by atoms with Crippen LogP contribution in [-0.4, -0.2) is 25.6 Å². The normalized spacial score (nSPS) is 16.9. The highest BCUT2D eigenvalue weighted by Gasteiger charge is 2.39. The van der Waals surface area contributed by atoms with Crippen LogP contribution in [0.5, 0.6) is 5.75 Å². The predicted octanol–water partition coefficient (Wildman–Crippen LogP) is 2.01. The lowest BCUT2D eigenvalue weighted by atomic mass is 9.85. The highest BCUT2D eigenvalue weighted by molar-refractivity contribution is 5.83. The van der Waals surface area contributed by atoms with Gasteiger partial charge in [0.15, 0.2) is 0 Å². The molecular weight excluding hydrogens is 252 g/mol. The van der Waals surface area contributed by atoms with Crippen molar-refractivity contribution in [2.75, 3.05) is 19.7 Å². The first kappa shape index (κ1) is 14.9. The van der Waals surface area contributed by atoms with E-state index in [9.17, 15) is 4.79 Å². The summed E-state index contributed by atoms with van der Waals surface area (Å²) < 4.78 is 5.62. The molecule has 4 nitrogen and oxygen atoms in total. The maximum Gasteiger partial charge on any atom is 0.227 e. The fourth-order valence-corrected chi connectivity index (χ4v) is 2.80. The fraction of sp³-hybridized carbons (Fsp3) is 0.562. The van der Waals surface area contributed by atoms with Gasteiger partial charge in [-0.05, 0) is 37.5 Å². The molecule has 1 saturated carbocycles. The molecule has 1 amide bonds. The van der Waals surface area contributed by atoms with Crippen LogP contribution in [0.4, 0.5) is 0 Å². The van der Waals surface area contributed by atoms with Gasteiger partial charge in [-0.3, -0.25) is 4.79 Å². The zero-order valence-corrected chi connectivity index (χ0v) is 12.2. The number of ether oxygens (including phenoxy) is 1. The molecule has 0 atom stereocenters. The minimum Gasteiger partial charge on any atom is -0.492 e. The molecule has 4 heteroatoms. The molecule has 3 N–H and O–H groups in total. The number of rotatable bonds is 6. The highest BCUT2D eigenvalue weighted by Crippen LogP contribution is 2.37. The Morgan fingerprint density at radius 2 is 2.15 bits per heavy atom. The van der Waals surface area contributed by atoms with Gasteiger partial charge in [-0.1, -0.05) is 25.0 Å². The van der Waals surface area contributed by atoms with Crippen LogP contribution >= 0.6 is 0 Å². The Kier molecular flexibility index (Phi) is 5.01. The quantitative estimate of drug-likeness (QED) is 0.781. The van der Waals surface area contributed by atoms with Gasteiger partial charge in [0.2, 0.25) is 5.91 Å². The maximum absolute atomic E-state index is 12.2. The van der Waals surface area contributed by atoms with Crippen molar-refractivity contribution in [2.24, 2.45) is 11.1 Å². The molecule has 110 valence electrons. The fourth-order valence-electron chi connectivity index (χ4n) is 2.80. The topological polar surface area (TPSA) is 64.3 Å². The van der Waals surface area contributed by atoms with Crippen molar-refractivity contribution >= 4 is 5.91 Å². The summed E-state index contributed by atoms with van der Waals surface area (Å²) in [6.45, 7) is 3.47. The summed E-state index contributed by atoms with van der Waals surface area (Å²) in [4.78, 5) is 12.2. The van der Waals surface area contributed by atoms with E-state index in [2.05, 4.69) is 5.32 Å². The molecule has 0 heterocycles. The predicted molar refractivity (Wildman–Crippen MR) is 79.6 cm³/mol. The second kappa shape index (κ2) is 6.75. The molecule has 0 saturated heterocycles. The van der Waals surface area contributed by atoms with Gasteiger partial charge >= 0.3 is 0 Å². The Balaban J connectivity index is 1.74. The number of nitrogens with one attached hydrogen (secondary N) is 1. The number of hydrogen-bond donors (Lipinski definition) is 2. The Morgan fingerprint density at radius 3 is 2.80 bits per heavy atom. The van der Waals surface area contributed by atoms with Crippen LogP contribution in [0.25, 0.3) is 0 Å². The third-order valence-electron chi connectivity index (χ3n) is 4.08. The van der Waals surface area contributed by atoms with E-state index in [0.29, 0.717) is 19.7 Å². The molecule has 20 heavy (non-hydrogen) atoms. The lowest BCUT2D eigenvalue weighted by molar-refractivity contribution is -0.130. The van der Waals surface area contributed by atoms with Crippen LogP contribution in [0.3, 0.4) is 0 Å². The van der Waals surface area contributed by atoms with E-state index in [1.807, 2.05) is 31.2 Å². The van der Waals surface area contributed by atoms with E-state index in [1.165, 1.54) is 5.56 Å². The molecule has 0 aliphatic heterocycles. The molecule has 0 aromatic heterocycles. The SMILES string of the molecule is Cc1cccc(OCCNC(=O)C2(CN)CCCC2)c1. The Bertz CT molecular complexity index is 454. The van der Waals surface area contributed by atoms with Gasteiger partial charge in [-0.25, -0.2) is 0 Å². The largest absolute Gasteiger partial charge is 0.492 e. The molecule has 0 spiro atoms. The van der Waals surface area contributed by atoms with Gasteiger partial charge < -0.3 is 15.8 Å². The molecule has 0 bridgehead atoms. The summed E-state index contributed by atoms with van der Waals surface area (Å²) in [5.41, 5.74) is 6.63. The number of carbonyl (C=O) groups is 1. The highest BCUT2D eigenvalue weighted by atomic mass is 16.5. The second-order valence-electron chi connectivity index (χ2n) is 5.61. The smallest absolute Gasteiger partial charge is 0.227 e. The van der Waals surface area contributed by atoms with E-state index in [-0.39, 0.29) is 11.3 Å². The lowest BCUT2D eigenvalue weighted by Crippen LogP contribution is -2.45. The number of carbonyl (C=O) groups excluding carboxylic acids is 1. The van der Waals surface area contributed by atoms with Gasteiger partial charge in [0.25, 0.3) is 0 Å². The van der Waals surface area contributed by atoms with E-state index in [4.69, 9.17) is 10.5 Å². The van der Waals surface area contributed by atoms with Crippen molar-refractivity contribution in [2.45, 2.75) is 32.6 Å². The number of nitrogens with two attached hydrogens (primary N) is 1. The first-order valence-corrected chi connectivity index (χ1v) is 7.34. The molecule has 1 aromatic rings. The third-order valence-corrected chi connectivity index (χ3v) is 4.08. The molecule has 0 unspecified atom stereocenters. The van der Waals surface area contributed by atoms with Crippen molar-refractivity contribution in [3.63, 3.8) is 0 Å². The summed E-state index contributed by atoms with van der Waals surface area (Å²) in [5.74, 6) is 0.930. The average molecular weight is 276 g/mol. The Morgan fingerprint density at radius 1 is 1.40 bits per heavy atom. The Hall–Kier alpha value is -1.55. The maximum atomic E-state index is 12.2. The van der Waals surface area contributed by atoms with Gasteiger partial charge in [-0.2, -0.15) is 0 Å². The van der Waals surface area contributed by atoms with E-state index < -0.39 is 0 Å². The second-order valence-corrected chi connectivity index (χ2v) is 5.61.